The molecule has 0 saturated carbocycles. The van der Waals surface area contributed by atoms with Gasteiger partial charge in [-0.15, -0.1) is 11.8 Å². The van der Waals surface area contributed by atoms with Crippen LogP contribution in [-0.4, -0.2) is 14.4 Å². The molecule has 0 amide bonds. The van der Waals surface area contributed by atoms with E-state index in [2.05, 4.69) is 9.97 Å². The molecule has 0 radical (unpaired) electrons. The number of hydrogen-bond acceptors (Lipinski definition) is 5. The molecule has 7 heteroatoms. The van der Waals surface area contributed by atoms with E-state index in [0.29, 0.717) is 23.0 Å². The normalized spacial score (nSPS) is 11.2. The molecular weight excluding hydrogens is 365 g/mol. The van der Waals surface area contributed by atoms with Crippen LogP contribution in [0.4, 0.5) is 4.39 Å². The summed E-state index contributed by atoms with van der Waals surface area (Å²) in [5.41, 5.74) is 3.82. The van der Waals surface area contributed by atoms with Gasteiger partial charge in [0.25, 0.3) is 5.56 Å². The van der Waals surface area contributed by atoms with Crippen molar-refractivity contribution in [3.63, 3.8) is 0 Å². The molecule has 4 rings (SSSR count). The second-order valence-corrected chi connectivity index (χ2v) is 7.15. The lowest BCUT2D eigenvalue weighted by molar-refractivity contribution is 0.573. The number of aromatic nitrogens is 3. The molecule has 0 bridgehead atoms. The predicted molar refractivity (Wildman–Crippen MR) is 103 cm³/mol. The van der Waals surface area contributed by atoms with Crippen molar-refractivity contribution < 1.29 is 8.81 Å². The highest BCUT2D eigenvalue weighted by molar-refractivity contribution is 7.97. The summed E-state index contributed by atoms with van der Waals surface area (Å²) in [5.74, 6) is 1.39. The van der Waals surface area contributed by atoms with Crippen molar-refractivity contribution in [3.05, 3.63) is 88.0 Å². The van der Waals surface area contributed by atoms with Gasteiger partial charge >= 0.3 is 0 Å². The topological polar surface area (TPSA) is 60.4 Å². The van der Waals surface area contributed by atoms with Crippen LogP contribution < -0.4 is 5.56 Å². The summed E-state index contributed by atoms with van der Waals surface area (Å²) < 4.78 is 20.0. The molecule has 0 aliphatic rings. The molecule has 3 aromatic heterocycles. The van der Waals surface area contributed by atoms with Gasteiger partial charge in [-0.2, -0.15) is 0 Å². The Hall–Kier alpha value is -2.93. The smallest absolute Gasteiger partial charge is 0.258 e. The molecule has 0 saturated heterocycles. The zero-order valence-corrected chi connectivity index (χ0v) is 15.4. The summed E-state index contributed by atoms with van der Waals surface area (Å²) >= 11 is 1.60. The van der Waals surface area contributed by atoms with Gasteiger partial charge in [0, 0.05) is 29.3 Å². The van der Waals surface area contributed by atoms with E-state index in [4.69, 9.17) is 4.42 Å². The molecule has 1 aromatic carbocycles. The minimum atomic E-state index is -0.296. The Labute approximate surface area is 158 Å². The number of aryl methyl sites for hydroxylation is 1. The van der Waals surface area contributed by atoms with E-state index in [1.165, 1.54) is 12.1 Å². The summed E-state index contributed by atoms with van der Waals surface area (Å²) in [6, 6.07) is 11.4. The maximum atomic E-state index is 13.0. The zero-order chi connectivity index (χ0) is 18.8. The molecule has 0 fully saturated rings. The van der Waals surface area contributed by atoms with Gasteiger partial charge < -0.3 is 4.42 Å². The van der Waals surface area contributed by atoms with Crippen molar-refractivity contribution >= 4 is 17.4 Å². The second kappa shape index (κ2) is 7.36. The van der Waals surface area contributed by atoms with Crippen molar-refractivity contribution in [2.45, 2.75) is 18.4 Å². The van der Waals surface area contributed by atoms with Crippen LogP contribution >= 0.6 is 11.8 Å². The Kier molecular flexibility index (Phi) is 4.77. The van der Waals surface area contributed by atoms with E-state index in [-0.39, 0.29) is 11.4 Å². The van der Waals surface area contributed by atoms with Crippen LogP contribution in [0.2, 0.25) is 0 Å². The number of benzene rings is 1. The summed E-state index contributed by atoms with van der Waals surface area (Å²) in [4.78, 5) is 21.2. The minimum absolute atomic E-state index is 0.0840. The van der Waals surface area contributed by atoms with Gasteiger partial charge in [0.1, 0.15) is 17.7 Å². The molecule has 0 N–H and O–H groups in total. The van der Waals surface area contributed by atoms with Crippen LogP contribution in [0.5, 0.6) is 0 Å². The molecule has 0 spiro atoms. The molecule has 0 aliphatic carbocycles. The molecule has 0 atom stereocenters. The first-order valence-corrected chi connectivity index (χ1v) is 9.51. The third-order valence-corrected chi connectivity index (χ3v) is 5.00. The largest absolute Gasteiger partial charge is 0.444 e. The second-order valence-electron chi connectivity index (χ2n) is 6.16. The number of nitrogens with zero attached hydrogens (tertiary/aromatic N) is 3. The molecule has 5 nitrogen and oxygen atoms in total. The fraction of sp³-hybridized carbons (Fsp3) is 0.150. The quantitative estimate of drug-likeness (QED) is 0.518. The van der Waals surface area contributed by atoms with E-state index in [9.17, 15) is 9.18 Å². The van der Waals surface area contributed by atoms with Gasteiger partial charge in [0.15, 0.2) is 0 Å². The third kappa shape index (κ3) is 3.93. The first-order valence-electron chi connectivity index (χ1n) is 8.35. The van der Waals surface area contributed by atoms with Gasteiger partial charge in [-0.1, -0.05) is 6.07 Å². The molecule has 3 heterocycles. The first-order chi connectivity index (χ1) is 13.1. The minimum Gasteiger partial charge on any atom is -0.444 e. The highest BCUT2D eigenvalue weighted by Crippen LogP contribution is 2.22. The molecule has 4 aromatic rings. The van der Waals surface area contributed by atoms with E-state index in [1.54, 1.807) is 46.8 Å². The van der Waals surface area contributed by atoms with Crippen LogP contribution in [0, 0.1) is 12.7 Å². The first kappa shape index (κ1) is 17.5. The Morgan fingerprint density at radius 2 is 1.85 bits per heavy atom. The maximum absolute atomic E-state index is 13.0. The lowest BCUT2D eigenvalue weighted by Crippen LogP contribution is -2.15. The van der Waals surface area contributed by atoms with Crippen LogP contribution in [-0.2, 0) is 11.5 Å². The highest BCUT2D eigenvalue weighted by atomic mass is 32.2. The molecule has 0 unspecified atom stereocenters. The van der Waals surface area contributed by atoms with Crippen molar-refractivity contribution in [1.82, 2.24) is 14.4 Å². The number of thioether (sulfide) groups is 1. The van der Waals surface area contributed by atoms with E-state index in [1.807, 2.05) is 19.1 Å². The maximum Gasteiger partial charge on any atom is 0.258 e. The van der Waals surface area contributed by atoms with Crippen molar-refractivity contribution in [3.8, 4) is 11.5 Å². The fourth-order valence-electron chi connectivity index (χ4n) is 2.69. The van der Waals surface area contributed by atoms with Gasteiger partial charge in [0.05, 0.1) is 11.4 Å². The molecule has 0 aliphatic heterocycles. The van der Waals surface area contributed by atoms with Crippen LogP contribution in [0.3, 0.4) is 0 Å². The van der Waals surface area contributed by atoms with E-state index in [0.717, 1.165) is 22.5 Å². The molecular formula is C20H16FN3O2S. The Bertz CT molecular complexity index is 1150. The van der Waals surface area contributed by atoms with Crippen LogP contribution in [0.1, 0.15) is 17.0 Å². The zero-order valence-electron chi connectivity index (χ0n) is 14.6. The van der Waals surface area contributed by atoms with Gasteiger partial charge in [-0.3, -0.25) is 9.20 Å². The van der Waals surface area contributed by atoms with E-state index >= 15 is 0 Å². The monoisotopic (exact) mass is 381 g/mol. The Morgan fingerprint density at radius 1 is 1.07 bits per heavy atom. The molecule has 136 valence electrons. The number of halogens is 1. The van der Waals surface area contributed by atoms with Crippen molar-refractivity contribution in [2.75, 3.05) is 0 Å². The standard InChI is InChI=1S/C20H16FN3O2S/c1-13-2-7-18-22-16(8-19(25)24(18)9-13)11-27-12-17-10-26-20(23-17)14-3-5-15(21)6-4-14/h2-10H,11-12H2,1H3. The van der Waals surface area contributed by atoms with Crippen molar-refractivity contribution in [2.24, 2.45) is 0 Å². The van der Waals surface area contributed by atoms with Crippen molar-refractivity contribution in [1.29, 1.82) is 0 Å². The number of hydrogen-bond donors (Lipinski definition) is 0. The lowest BCUT2D eigenvalue weighted by atomic mass is 10.2. The summed E-state index contributed by atoms with van der Waals surface area (Å²) in [6.45, 7) is 1.94. The number of rotatable bonds is 5. The average Bonchev–Trinajstić information content (AvgIpc) is 3.12. The number of oxazole rings is 1. The summed E-state index contributed by atoms with van der Waals surface area (Å²) in [5, 5.41) is 0. The predicted octanol–water partition coefficient (Wildman–Crippen LogP) is 4.23. The van der Waals surface area contributed by atoms with Crippen LogP contribution in [0.15, 0.2) is 64.1 Å². The van der Waals surface area contributed by atoms with Gasteiger partial charge in [0.2, 0.25) is 5.89 Å². The number of pyridine rings is 1. The Morgan fingerprint density at radius 3 is 2.67 bits per heavy atom. The van der Waals surface area contributed by atoms with Crippen LogP contribution in [0.25, 0.3) is 17.1 Å². The fourth-order valence-corrected chi connectivity index (χ4v) is 3.49. The highest BCUT2D eigenvalue weighted by Gasteiger charge is 2.08. The van der Waals surface area contributed by atoms with Gasteiger partial charge in [-0.25, -0.2) is 14.4 Å². The lowest BCUT2D eigenvalue weighted by Gasteiger charge is -2.04. The average molecular weight is 381 g/mol. The SMILES string of the molecule is Cc1ccc2nc(CSCc3coc(-c4ccc(F)cc4)n3)cc(=O)n2c1. The number of fused-ring (bicyclic) bond motifs is 1. The molecule has 27 heavy (non-hydrogen) atoms. The summed E-state index contributed by atoms with van der Waals surface area (Å²) in [6.07, 6.45) is 3.38. The Balaban J connectivity index is 1.43. The third-order valence-electron chi connectivity index (χ3n) is 4.00. The van der Waals surface area contributed by atoms with E-state index < -0.39 is 0 Å². The van der Waals surface area contributed by atoms with Gasteiger partial charge in [-0.05, 0) is 42.8 Å². The summed E-state index contributed by atoms with van der Waals surface area (Å²) in [7, 11) is 0.